The largest absolute Gasteiger partial charge is 0.370 e. The number of hydrogen-bond acceptors (Lipinski definition) is 5. The van der Waals surface area contributed by atoms with Gasteiger partial charge in [-0.1, -0.05) is 16.8 Å². The van der Waals surface area contributed by atoms with Crippen molar-refractivity contribution < 1.29 is 9.32 Å². The maximum Gasteiger partial charge on any atom is 0.258 e. The van der Waals surface area contributed by atoms with Crippen molar-refractivity contribution in [1.29, 1.82) is 0 Å². The summed E-state index contributed by atoms with van der Waals surface area (Å²) in [6.45, 7) is 5.59. The molecule has 1 fully saturated rings. The molecule has 1 aromatic carbocycles. The highest BCUT2D eigenvalue weighted by Gasteiger charge is 2.21. The first-order valence-electron chi connectivity index (χ1n) is 9.12. The quantitative estimate of drug-likeness (QED) is 0.706. The van der Waals surface area contributed by atoms with Gasteiger partial charge in [-0.25, -0.2) is 4.98 Å². The van der Waals surface area contributed by atoms with E-state index in [4.69, 9.17) is 16.1 Å². The smallest absolute Gasteiger partial charge is 0.258 e. The fourth-order valence-electron chi connectivity index (χ4n) is 3.61. The van der Waals surface area contributed by atoms with Crippen LogP contribution in [0, 0.1) is 13.8 Å². The molecule has 4 rings (SSSR count). The van der Waals surface area contributed by atoms with Crippen LogP contribution in [-0.4, -0.2) is 29.1 Å². The predicted octanol–water partition coefficient (Wildman–Crippen LogP) is 4.74. The van der Waals surface area contributed by atoms with E-state index < -0.39 is 0 Å². The zero-order chi connectivity index (χ0) is 19.0. The molecule has 0 unspecified atom stereocenters. The van der Waals surface area contributed by atoms with E-state index in [2.05, 4.69) is 20.4 Å². The molecule has 0 aliphatic carbocycles. The molecular weight excluding hydrogens is 364 g/mol. The Morgan fingerprint density at radius 2 is 1.96 bits per heavy atom. The van der Waals surface area contributed by atoms with Gasteiger partial charge in [0.1, 0.15) is 0 Å². The van der Waals surface area contributed by atoms with E-state index in [9.17, 15) is 4.79 Å². The van der Waals surface area contributed by atoms with Crippen molar-refractivity contribution in [3.8, 4) is 0 Å². The number of hydrogen-bond donors (Lipinski definition) is 1. The van der Waals surface area contributed by atoms with E-state index in [1.165, 1.54) is 6.42 Å². The van der Waals surface area contributed by atoms with Crippen molar-refractivity contribution in [1.82, 2.24) is 10.1 Å². The van der Waals surface area contributed by atoms with Crippen LogP contribution in [0.3, 0.4) is 0 Å². The summed E-state index contributed by atoms with van der Waals surface area (Å²) in [5, 5.41) is 8.21. The summed E-state index contributed by atoms with van der Waals surface area (Å²) < 4.78 is 5.24. The highest BCUT2D eigenvalue weighted by Crippen LogP contribution is 2.32. The van der Waals surface area contributed by atoms with Gasteiger partial charge in [0.2, 0.25) is 0 Å². The summed E-state index contributed by atoms with van der Waals surface area (Å²) in [5.74, 6) is -0.225. The van der Waals surface area contributed by atoms with Crippen LogP contribution in [0.25, 0.3) is 11.1 Å². The van der Waals surface area contributed by atoms with E-state index >= 15 is 0 Å². The lowest BCUT2D eigenvalue weighted by Crippen LogP contribution is -2.30. The number of fused-ring (bicyclic) bond motifs is 1. The Kier molecular flexibility index (Phi) is 4.74. The van der Waals surface area contributed by atoms with Gasteiger partial charge in [-0.15, -0.1) is 0 Å². The van der Waals surface area contributed by atoms with Crippen molar-refractivity contribution in [3.63, 3.8) is 0 Å². The van der Waals surface area contributed by atoms with E-state index in [1.54, 1.807) is 19.1 Å². The van der Waals surface area contributed by atoms with E-state index in [0.717, 1.165) is 31.6 Å². The van der Waals surface area contributed by atoms with Crippen LogP contribution in [0.5, 0.6) is 0 Å². The molecule has 6 nitrogen and oxygen atoms in total. The third-order valence-electron chi connectivity index (χ3n) is 4.89. The molecule has 140 valence electrons. The third kappa shape index (κ3) is 3.49. The second-order valence-electron chi connectivity index (χ2n) is 6.92. The fraction of sp³-hybridized carbons (Fsp3) is 0.350. The highest BCUT2D eigenvalue weighted by molar-refractivity contribution is 6.31. The van der Waals surface area contributed by atoms with Crippen molar-refractivity contribution in [3.05, 3.63) is 46.2 Å². The molecule has 0 radical (unpaired) electrons. The van der Waals surface area contributed by atoms with Crippen molar-refractivity contribution in [2.75, 3.05) is 23.3 Å². The van der Waals surface area contributed by atoms with Gasteiger partial charge in [0.05, 0.1) is 28.0 Å². The van der Waals surface area contributed by atoms with E-state index in [-0.39, 0.29) is 5.91 Å². The number of amides is 1. The number of aryl methyl sites for hydroxylation is 2. The Bertz CT molecular complexity index is 1010. The van der Waals surface area contributed by atoms with Crippen LogP contribution < -0.4 is 10.2 Å². The SMILES string of the molecule is Cc1cc(C(=O)Nc2cc(Cl)ccc2N2CCCCC2)c2c(C)noc2n1. The van der Waals surface area contributed by atoms with Gasteiger partial charge in [-0.2, -0.15) is 0 Å². The van der Waals surface area contributed by atoms with Crippen LogP contribution in [0.1, 0.15) is 41.0 Å². The van der Waals surface area contributed by atoms with E-state index in [0.29, 0.717) is 38.8 Å². The molecule has 1 aliphatic heterocycles. The number of aromatic nitrogens is 2. The van der Waals surface area contributed by atoms with Gasteiger partial charge >= 0.3 is 0 Å². The number of rotatable bonds is 3. The lowest BCUT2D eigenvalue weighted by molar-refractivity contribution is 0.102. The normalized spacial score (nSPS) is 14.6. The number of nitrogens with one attached hydrogen (secondary N) is 1. The summed E-state index contributed by atoms with van der Waals surface area (Å²) in [4.78, 5) is 19.7. The van der Waals surface area contributed by atoms with Crippen LogP contribution in [0.4, 0.5) is 11.4 Å². The van der Waals surface area contributed by atoms with Gasteiger partial charge < -0.3 is 14.7 Å². The monoisotopic (exact) mass is 384 g/mol. The highest BCUT2D eigenvalue weighted by atomic mass is 35.5. The molecule has 0 saturated carbocycles. The first-order valence-corrected chi connectivity index (χ1v) is 9.50. The second-order valence-corrected chi connectivity index (χ2v) is 7.36. The number of benzene rings is 1. The standard InChI is InChI=1S/C20H21ClN4O2/c1-12-10-15(18-13(2)24-27-20(18)22-12)19(26)23-16-11-14(21)6-7-17(16)25-8-4-3-5-9-25/h6-7,10-11H,3-5,8-9H2,1-2H3,(H,23,26). The van der Waals surface area contributed by atoms with Gasteiger partial charge in [0, 0.05) is 23.8 Å². The summed E-state index contributed by atoms with van der Waals surface area (Å²) in [5.41, 5.74) is 3.93. The molecule has 7 heteroatoms. The number of carbonyl (C=O) groups excluding carboxylic acids is 1. The zero-order valence-electron chi connectivity index (χ0n) is 15.4. The lowest BCUT2D eigenvalue weighted by atomic mass is 10.1. The average molecular weight is 385 g/mol. The number of halogens is 1. The summed E-state index contributed by atoms with van der Waals surface area (Å²) in [6, 6.07) is 7.39. The van der Waals surface area contributed by atoms with Crippen LogP contribution >= 0.6 is 11.6 Å². The van der Waals surface area contributed by atoms with Crippen LogP contribution in [0.2, 0.25) is 5.02 Å². The minimum Gasteiger partial charge on any atom is -0.370 e. The number of anilines is 2. The molecule has 0 spiro atoms. The number of nitrogens with zero attached hydrogens (tertiary/aromatic N) is 3. The summed E-state index contributed by atoms with van der Waals surface area (Å²) in [7, 11) is 0. The summed E-state index contributed by atoms with van der Waals surface area (Å²) >= 11 is 6.21. The maximum atomic E-state index is 13.1. The predicted molar refractivity (Wildman–Crippen MR) is 107 cm³/mol. The minimum absolute atomic E-state index is 0.225. The van der Waals surface area contributed by atoms with Crippen molar-refractivity contribution in [2.24, 2.45) is 0 Å². The third-order valence-corrected chi connectivity index (χ3v) is 5.13. The molecular formula is C20H21ClN4O2. The van der Waals surface area contributed by atoms with Gasteiger partial charge in [0.15, 0.2) is 0 Å². The molecule has 0 atom stereocenters. The molecule has 27 heavy (non-hydrogen) atoms. The maximum absolute atomic E-state index is 13.1. The molecule has 0 bridgehead atoms. The van der Waals surface area contributed by atoms with E-state index in [1.807, 2.05) is 19.1 Å². The molecule has 1 aliphatic rings. The first kappa shape index (κ1) is 17.8. The van der Waals surface area contributed by atoms with Gasteiger partial charge in [-0.3, -0.25) is 4.79 Å². The molecule has 3 heterocycles. The van der Waals surface area contributed by atoms with Crippen LogP contribution in [-0.2, 0) is 0 Å². The fourth-order valence-corrected chi connectivity index (χ4v) is 3.78. The molecule has 1 saturated heterocycles. The van der Waals surface area contributed by atoms with Crippen molar-refractivity contribution >= 4 is 40.0 Å². The molecule has 1 N–H and O–H groups in total. The second kappa shape index (κ2) is 7.19. The molecule has 3 aromatic rings. The Labute approximate surface area is 162 Å². The van der Waals surface area contributed by atoms with Gasteiger partial charge in [0.25, 0.3) is 11.6 Å². The first-order chi connectivity index (χ1) is 13.0. The molecule has 2 aromatic heterocycles. The van der Waals surface area contributed by atoms with Crippen molar-refractivity contribution in [2.45, 2.75) is 33.1 Å². The Hall–Kier alpha value is -2.60. The Balaban J connectivity index is 1.71. The topological polar surface area (TPSA) is 71.3 Å². The van der Waals surface area contributed by atoms with Gasteiger partial charge in [-0.05, 0) is 57.4 Å². The average Bonchev–Trinajstić information content (AvgIpc) is 3.02. The zero-order valence-corrected chi connectivity index (χ0v) is 16.1. The minimum atomic E-state index is -0.225. The molecule has 1 amide bonds. The Morgan fingerprint density at radius 3 is 2.74 bits per heavy atom. The number of pyridine rings is 1. The summed E-state index contributed by atoms with van der Waals surface area (Å²) in [6.07, 6.45) is 3.55. The lowest BCUT2D eigenvalue weighted by Gasteiger charge is -2.30. The number of piperidine rings is 1. The number of carbonyl (C=O) groups is 1. The van der Waals surface area contributed by atoms with Crippen LogP contribution in [0.15, 0.2) is 28.8 Å². The Morgan fingerprint density at radius 1 is 1.19 bits per heavy atom.